The van der Waals surface area contributed by atoms with E-state index in [2.05, 4.69) is 0 Å². The van der Waals surface area contributed by atoms with Gasteiger partial charge in [0.2, 0.25) is 5.91 Å². The molecule has 1 unspecified atom stereocenters. The summed E-state index contributed by atoms with van der Waals surface area (Å²) < 4.78 is 10.5. The molecule has 0 spiro atoms. The van der Waals surface area contributed by atoms with Crippen LogP contribution in [0.3, 0.4) is 0 Å². The molecule has 1 amide bonds. The van der Waals surface area contributed by atoms with Crippen molar-refractivity contribution >= 4 is 5.91 Å². The summed E-state index contributed by atoms with van der Waals surface area (Å²) in [7, 11) is 3.13. The van der Waals surface area contributed by atoms with Crippen LogP contribution in [0.5, 0.6) is 11.5 Å². The van der Waals surface area contributed by atoms with E-state index in [0.717, 1.165) is 25.4 Å². The molecule has 5 heteroatoms. The summed E-state index contributed by atoms with van der Waals surface area (Å²) in [6.45, 7) is 1.70. The van der Waals surface area contributed by atoms with Crippen molar-refractivity contribution < 1.29 is 19.4 Å². The van der Waals surface area contributed by atoms with Crippen molar-refractivity contribution in [2.24, 2.45) is 11.8 Å². The van der Waals surface area contributed by atoms with E-state index in [4.69, 9.17) is 9.47 Å². The Bertz CT molecular complexity index is 585. The van der Waals surface area contributed by atoms with Crippen molar-refractivity contribution in [3.05, 3.63) is 23.8 Å². The van der Waals surface area contributed by atoms with Crippen LogP contribution in [0.4, 0.5) is 0 Å². The average molecular weight is 333 g/mol. The minimum Gasteiger partial charge on any atom is -0.493 e. The van der Waals surface area contributed by atoms with Gasteiger partial charge >= 0.3 is 0 Å². The summed E-state index contributed by atoms with van der Waals surface area (Å²) in [6.07, 6.45) is 4.39. The number of carbonyl (C=O) groups excluding carboxylic acids is 1. The summed E-state index contributed by atoms with van der Waals surface area (Å²) >= 11 is 0. The maximum Gasteiger partial charge on any atom is 0.225 e. The minimum absolute atomic E-state index is 0.0408. The molecule has 1 aliphatic heterocycles. The molecule has 0 radical (unpaired) electrons. The molecule has 1 saturated carbocycles. The number of likely N-dealkylation sites (tertiary alicyclic amines) is 1. The zero-order valence-electron chi connectivity index (χ0n) is 14.5. The molecular formula is C19H27NO4. The Morgan fingerprint density at radius 1 is 1.21 bits per heavy atom. The Labute approximate surface area is 143 Å². The van der Waals surface area contributed by atoms with Crippen molar-refractivity contribution in [1.29, 1.82) is 0 Å². The van der Waals surface area contributed by atoms with E-state index in [1.807, 2.05) is 4.90 Å². The van der Waals surface area contributed by atoms with Gasteiger partial charge in [0.25, 0.3) is 0 Å². The fourth-order valence-corrected chi connectivity index (χ4v) is 3.78. The van der Waals surface area contributed by atoms with Crippen molar-refractivity contribution in [2.75, 3.05) is 27.3 Å². The molecule has 2 fully saturated rings. The number of benzene rings is 1. The Hall–Kier alpha value is -1.75. The first-order valence-corrected chi connectivity index (χ1v) is 8.80. The second-order valence-corrected chi connectivity index (χ2v) is 6.91. The predicted molar refractivity (Wildman–Crippen MR) is 91.2 cm³/mol. The molecule has 24 heavy (non-hydrogen) atoms. The number of aliphatic hydroxyl groups is 1. The minimum atomic E-state index is -0.819. The number of rotatable bonds is 6. The molecule has 5 nitrogen and oxygen atoms in total. The highest BCUT2D eigenvalue weighted by molar-refractivity contribution is 5.77. The molecule has 0 bridgehead atoms. The quantitative estimate of drug-likeness (QED) is 0.870. The molecule has 132 valence electrons. The molecule has 2 aliphatic rings. The molecule has 1 aliphatic carbocycles. The first-order chi connectivity index (χ1) is 11.6. The van der Waals surface area contributed by atoms with Crippen molar-refractivity contribution in [3.8, 4) is 11.5 Å². The van der Waals surface area contributed by atoms with Gasteiger partial charge in [-0.25, -0.2) is 0 Å². The summed E-state index contributed by atoms with van der Waals surface area (Å²) in [5, 5.41) is 10.4. The number of nitrogens with zero attached hydrogens (tertiary/aromatic N) is 1. The van der Waals surface area contributed by atoms with E-state index >= 15 is 0 Å². The highest BCUT2D eigenvalue weighted by Gasteiger charge is 2.34. The lowest BCUT2D eigenvalue weighted by Crippen LogP contribution is -2.32. The van der Waals surface area contributed by atoms with Crippen LogP contribution in [0.2, 0.25) is 0 Å². The standard InChI is InChI=1S/C19H27NO4/c1-23-17-7-6-14(10-18(17)24-2)16(21)11-19(22)20-9-8-15(12-20)13-4-3-5-13/h6-7,10,13,15-16,21H,3-5,8-9,11-12H2,1-2H3/t15?,16-/m0/s1. The second-order valence-electron chi connectivity index (χ2n) is 6.91. The Kier molecular flexibility index (Phi) is 5.29. The molecule has 1 saturated heterocycles. The van der Waals surface area contributed by atoms with Crippen LogP contribution in [0.25, 0.3) is 0 Å². The zero-order valence-corrected chi connectivity index (χ0v) is 14.5. The van der Waals surface area contributed by atoms with Gasteiger partial charge < -0.3 is 19.5 Å². The fourth-order valence-electron chi connectivity index (χ4n) is 3.78. The van der Waals surface area contributed by atoms with Gasteiger partial charge in [-0.2, -0.15) is 0 Å². The van der Waals surface area contributed by atoms with Crippen LogP contribution in [0.1, 0.15) is 43.8 Å². The maximum atomic E-state index is 12.5. The average Bonchev–Trinajstić information content (AvgIpc) is 3.01. The van der Waals surface area contributed by atoms with Gasteiger partial charge in [0.1, 0.15) is 0 Å². The first kappa shape index (κ1) is 17.1. The van der Waals surface area contributed by atoms with Crippen LogP contribution in [-0.4, -0.2) is 43.2 Å². The van der Waals surface area contributed by atoms with Gasteiger partial charge in [0.05, 0.1) is 26.7 Å². The Morgan fingerprint density at radius 2 is 1.96 bits per heavy atom. The van der Waals surface area contributed by atoms with Gasteiger partial charge in [-0.1, -0.05) is 25.3 Å². The van der Waals surface area contributed by atoms with Gasteiger partial charge in [0, 0.05) is 13.1 Å². The SMILES string of the molecule is COc1ccc([C@@H](O)CC(=O)N2CCC(C3CCC3)C2)cc1OC. The van der Waals surface area contributed by atoms with Crippen molar-refractivity contribution in [1.82, 2.24) is 4.90 Å². The third-order valence-corrected chi connectivity index (χ3v) is 5.55. The summed E-state index contributed by atoms with van der Waals surface area (Å²) in [6, 6.07) is 5.27. The topological polar surface area (TPSA) is 59.0 Å². The summed E-state index contributed by atoms with van der Waals surface area (Å²) in [4.78, 5) is 14.4. The molecule has 1 aromatic carbocycles. The van der Waals surface area contributed by atoms with E-state index in [1.54, 1.807) is 32.4 Å². The van der Waals surface area contributed by atoms with E-state index in [0.29, 0.717) is 23.0 Å². The van der Waals surface area contributed by atoms with Crippen LogP contribution >= 0.6 is 0 Å². The van der Waals surface area contributed by atoms with Crippen molar-refractivity contribution in [3.63, 3.8) is 0 Å². The molecule has 1 N–H and O–H groups in total. The molecule has 1 heterocycles. The van der Waals surface area contributed by atoms with Crippen LogP contribution in [-0.2, 0) is 4.79 Å². The van der Waals surface area contributed by atoms with E-state index in [-0.39, 0.29) is 12.3 Å². The lowest BCUT2D eigenvalue weighted by molar-refractivity contribution is -0.132. The molecule has 3 rings (SSSR count). The maximum absolute atomic E-state index is 12.5. The number of hydrogen-bond acceptors (Lipinski definition) is 4. The van der Waals surface area contributed by atoms with Gasteiger partial charge in [-0.3, -0.25) is 4.79 Å². The smallest absolute Gasteiger partial charge is 0.225 e. The Morgan fingerprint density at radius 3 is 2.58 bits per heavy atom. The normalized spacial score (nSPS) is 22.1. The Balaban J connectivity index is 1.58. The number of aliphatic hydroxyl groups excluding tert-OH is 1. The molecule has 0 aromatic heterocycles. The second kappa shape index (κ2) is 7.43. The fraction of sp³-hybridized carbons (Fsp3) is 0.632. The molecular weight excluding hydrogens is 306 g/mol. The van der Waals surface area contributed by atoms with Crippen molar-refractivity contribution in [2.45, 2.75) is 38.2 Å². The largest absolute Gasteiger partial charge is 0.493 e. The lowest BCUT2D eigenvalue weighted by atomic mass is 9.75. The monoisotopic (exact) mass is 333 g/mol. The molecule has 1 aromatic rings. The third kappa shape index (κ3) is 3.51. The first-order valence-electron chi connectivity index (χ1n) is 8.80. The highest BCUT2D eigenvalue weighted by atomic mass is 16.5. The summed E-state index contributed by atoms with van der Waals surface area (Å²) in [5.74, 6) is 2.70. The third-order valence-electron chi connectivity index (χ3n) is 5.55. The van der Waals surface area contributed by atoms with Gasteiger partial charge in [0.15, 0.2) is 11.5 Å². The van der Waals surface area contributed by atoms with Crippen LogP contribution < -0.4 is 9.47 Å². The zero-order chi connectivity index (χ0) is 17.1. The number of carbonyl (C=O) groups is 1. The van der Waals surface area contributed by atoms with Gasteiger partial charge in [-0.15, -0.1) is 0 Å². The van der Waals surface area contributed by atoms with E-state index in [9.17, 15) is 9.90 Å². The van der Waals surface area contributed by atoms with Crippen LogP contribution in [0.15, 0.2) is 18.2 Å². The highest BCUT2D eigenvalue weighted by Crippen LogP contribution is 2.38. The van der Waals surface area contributed by atoms with Gasteiger partial charge in [-0.05, 0) is 36.0 Å². The lowest BCUT2D eigenvalue weighted by Gasteiger charge is -2.31. The predicted octanol–water partition coefficient (Wildman–Crippen LogP) is 2.78. The van der Waals surface area contributed by atoms with E-state index in [1.165, 1.54) is 19.3 Å². The number of ether oxygens (including phenoxy) is 2. The van der Waals surface area contributed by atoms with E-state index < -0.39 is 6.10 Å². The number of methoxy groups -OCH3 is 2. The number of hydrogen-bond donors (Lipinski definition) is 1. The van der Waals surface area contributed by atoms with Crippen LogP contribution in [0, 0.1) is 11.8 Å². The number of amides is 1. The summed E-state index contributed by atoms with van der Waals surface area (Å²) in [5.41, 5.74) is 0.677. The molecule has 2 atom stereocenters.